The average molecular weight is 282 g/mol. The Morgan fingerprint density at radius 2 is 2.11 bits per heavy atom. The van der Waals surface area contributed by atoms with E-state index < -0.39 is 5.91 Å². The summed E-state index contributed by atoms with van der Waals surface area (Å²) in [4.78, 5) is 13.8. The van der Waals surface area contributed by atoms with Crippen LogP contribution in [0.4, 0.5) is 11.4 Å². The Morgan fingerprint density at radius 3 is 2.79 bits per heavy atom. The van der Waals surface area contributed by atoms with Crippen molar-refractivity contribution in [3.8, 4) is 0 Å². The van der Waals surface area contributed by atoms with Crippen LogP contribution < -0.4 is 16.4 Å². The Bertz CT molecular complexity index is 490. The van der Waals surface area contributed by atoms with Crippen LogP contribution in [0.3, 0.4) is 0 Å². The fraction of sp³-hybridized carbons (Fsp3) is 0.500. The average Bonchev–Trinajstić information content (AvgIpc) is 2.53. The normalized spacial score (nSPS) is 20.1. The van der Waals surface area contributed by atoms with Crippen LogP contribution in [0.5, 0.6) is 0 Å². The molecule has 0 aliphatic carbocycles. The molecule has 0 aromatic heterocycles. The molecule has 1 aromatic rings. The summed E-state index contributed by atoms with van der Waals surface area (Å²) in [7, 11) is 0. The molecule has 1 heterocycles. The number of hydrogen-bond acceptors (Lipinski definition) is 3. The van der Waals surface area contributed by atoms with Crippen molar-refractivity contribution >= 4 is 28.9 Å². The van der Waals surface area contributed by atoms with E-state index in [4.69, 9.17) is 23.1 Å². The minimum Gasteiger partial charge on any atom is -0.399 e. The van der Waals surface area contributed by atoms with Crippen LogP contribution in [0.2, 0.25) is 5.02 Å². The lowest BCUT2D eigenvalue weighted by atomic mass is 10.1. The van der Waals surface area contributed by atoms with Crippen molar-refractivity contribution in [1.82, 2.24) is 0 Å². The molecule has 1 amide bonds. The SMILES string of the molecule is CC1CCCCCN1c1c(Cl)cc(N)cc1C(N)=O. The molecule has 0 spiro atoms. The van der Waals surface area contributed by atoms with E-state index in [0.29, 0.717) is 22.3 Å². The maximum absolute atomic E-state index is 11.6. The van der Waals surface area contributed by atoms with Gasteiger partial charge in [0.25, 0.3) is 5.91 Å². The lowest BCUT2D eigenvalue weighted by molar-refractivity contribution is 0.100. The number of primary amides is 1. The third-order valence-electron chi connectivity index (χ3n) is 3.69. The molecule has 1 atom stereocenters. The summed E-state index contributed by atoms with van der Waals surface area (Å²) in [5, 5.41) is 0.502. The van der Waals surface area contributed by atoms with E-state index in [0.717, 1.165) is 25.1 Å². The molecule has 0 radical (unpaired) electrons. The topological polar surface area (TPSA) is 72.3 Å². The smallest absolute Gasteiger partial charge is 0.250 e. The zero-order valence-corrected chi connectivity index (χ0v) is 11.9. The maximum atomic E-state index is 11.6. The van der Waals surface area contributed by atoms with Gasteiger partial charge in [-0.05, 0) is 31.9 Å². The number of carbonyl (C=O) groups excluding carboxylic acids is 1. The van der Waals surface area contributed by atoms with Gasteiger partial charge in [0.1, 0.15) is 0 Å². The highest BCUT2D eigenvalue weighted by Crippen LogP contribution is 2.35. The van der Waals surface area contributed by atoms with Crippen LogP contribution in [-0.4, -0.2) is 18.5 Å². The zero-order valence-electron chi connectivity index (χ0n) is 11.2. The molecular formula is C14H20ClN3O. The van der Waals surface area contributed by atoms with E-state index >= 15 is 0 Å². The molecule has 1 aliphatic rings. The lowest BCUT2D eigenvalue weighted by Gasteiger charge is -2.31. The van der Waals surface area contributed by atoms with Gasteiger partial charge < -0.3 is 16.4 Å². The molecule has 19 heavy (non-hydrogen) atoms. The molecule has 4 N–H and O–H groups in total. The summed E-state index contributed by atoms with van der Waals surface area (Å²) >= 11 is 6.30. The van der Waals surface area contributed by atoms with Crippen molar-refractivity contribution in [3.05, 3.63) is 22.7 Å². The number of nitrogen functional groups attached to an aromatic ring is 1. The van der Waals surface area contributed by atoms with Crippen molar-refractivity contribution in [1.29, 1.82) is 0 Å². The first-order chi connectivity index (χ1) is 9.00. The van der Waals surface area contributed by atoms with Crippen LogP contribution >= 0.6 is 11.6 Å². The van der Waals surface area contributed by atoms with Gasteiger partial charge in [-0.1, -0.05) is 24.4 Å². The Kier molecular flexibility index (Phi) is 4.20. The van der Waals surface area contributed by atoms with Gasteiger partial charge >= 0.3 is 0 Å². The number of rotatable bonds is 2. The zero-order chi connectivity index (χ0) is 14.0. The summed E-state index contributed by atoms with van der Waals surface area (Å²) in [6, 6.07) is 3.64. The molecule has 1 fully saturated rings. The van der Waals surface area contributed by atoms with Crippen molar-refractivity contribution in [2.24, 2.45) is 5.73 Å². The van der Waals surface area contributed by atoms with E-state index in [1.807, 2.05) is 0 Å². The van der Waals surface area contributed by atoms with Gasteiger partial charge in [-0.15, -0.1) is 0 Å². The van der Waals surface area contributed by atoms with Crippen molar-refractivity contribution in [2.45, 2.75) is 38.6 Å². The molecule has 2 rings (SSSR count). The van der Waals surface area contributed by atoms with E-state index in [1.165, 1.54) is 12.8 Å². The van der Waals surface area contributed by atoms with Crippen LogP contribution in [0.15, 0.2) is 12.1 Å². The fourth-order valence-electron chi connectivity index (χ4n) is 2.71. The number of anilines is 2. The highest BCUT2D eigenvalue weighted by molar-refractivity contribution is 6.34. The molecule has 1 aliphatic heterocycles. The molecule has 0 saturated carbocycles. The third kappa shape index (κ3) is 2.95. The first-order valence-corrected chi connectivity index (χ1v) is 7.04. The van der Waals surface area contributed by atoms with E-state index in [1.54, 1.807) is 12.1 Å². The second kappa shape index (κ2) is 5.70. The van der Waals surface area contributed by atoms with Crippen LogP contribution in [0.25, 0.3) is 0 Å². The van der Waals surface area contributed by atoms with Gasteiger partial charge in [0.15, 0.2) is 0 Å². The van der Waals surface area contributed by atoms with E-state index in [-0.39, 0.29) is 0 Å². The molecule has 1 unspecified atom stereocenters. The number of halogens is 1. The number of nitrogens with two attached hydrogens (primary N) is 2. The molecule has 1 saturated heterocycles. The standard InChI is InChI=1S/C14H20ClN3O/c1-9-5-3-2-4-6-18(9)13-11(14(17)19)7-10(16)8-12(13)15/h7-9H,2-6,16H2,1H3,(H2,17,19). The first-order valence-electron chi connectivity index (χ1n) is 6.66. The van der Waals surface area contributed by atoms with Gasteiger partial charge in [0.2, 0.25) is 0 Å². The third-order valence-corrected chi connectivity index (χ3v) is 3.98. The summed E-state index contributed by atoms with van der Waals surface area (Å²) in [5.74, 6) is -0.486. The lowest BCUT2D eigenvalue weighted by Crippen LogP contribution is -2.34. The van der Waals surface area contributed by atoms with Crippen molar-refractivity contribution in [2.75, 3.05) is 17.2 Å². The molecule has 1 aromatic carbocycles. The van der Waals surface area contributed by atoms with E-state index in [9.17, 15) is 4.79 Å². The van der Waals surface area contributed by atoms with Crippen molar-refractivity contribution < 1.29 is 4.79 Å². The summed E-state index contributed by atoms with van der Waals surface area (Å²) in [6.45, 7) is 3.05. The highest BCUT2D eigenvalue weighted by Gasteiger charge is 2.24. The Hall–Kier alpha value is -1.42. The minimum absolute atomic E-state index is 0.349. The van der Waals surface area contributed by atoms with Crippen LogP contribution in [0, 0.1) is 0 Å². The fourth-order valence-corrected chi connectivity index (χ4v) is 3.04. The van der Waals surface area contributed by atoms with Gasteiger partial charge in [-0.25, -0.2) is 0 Å². The van der Waals surface area contributed by atoms with Gasteiger partial charge in [0.05, 0.1) is 16.3 Å². The number of carbonyl (C=O) groups is 1. The second-order valence-electron chi connectivity index (χ2n) is 5.15. The number of amides is 1. The Balaban J connectivity index is 2.50. The maximum Gasteiger partial charge on any atom is 0.250 e. The number of nitrogens with zero attached hydrogens (tertiary/aromatic N) is 1. The minimum atomic E-state index is -0.486. The van der Waals surface area contributed by atoms with Crippen LogP contribution in [-0.2, 0) is 0 Å². The Morgan fingerprint density at radius 1 is 1.37 bits per heavy atom. The summed E-state index contributed by atoms with van der Waals surface area (Å²) in [5.41, 5.74) is 12.8. The first kappa shape index (κ1) is 14.0. The molecular weight excluding hydrogens is 262 g/mol. The second-order valence-corrected chi connectivity index (χ2v) is 5.56. The quantitative estimate of drug-likeness (QED) is 0.819. The molecule has 4 nitrogen and oxygen atoms in total. The largest absolute Gasteiger partial charge is 0.399 e. The predicted octanol–water partition coefficient (Wildman–Crippen LogP) is 2.79. The molecule has 5 heteroatoms. The predicted molar refractivity (Wildman–Crippen MR) is 79.7 cm³/mol. The van der Waals surface area contributed by atoms with Crippen molar-refractivity contribution in [3.63, 3.8) is 0 Å². The Labute approximate surface area is 118 Å². The summed E-state index contributed by atoms with van der Waals surface area (Å²) < 4.78 is 0. The molecule has 0 bridgehead atoms. The monoisotopic (exact) mass is 281 g/mol. The highest BCUT2D eigenvalue weighted by atomic mass is 35.5. The molecule has 104 valence electrons. The van der Waals surface area contributed by atoms with Gasteiger partial charge in [-0.3, -0.25) is 4.79 Å². The van der Waals surface area contributed by atoms with Gasteiger partial charge in [-0.2, -0.15) is 0 Å². The number of benzene rings is 1. The van der Waals surface area contributed by atoms with Crippen LogP contribution in [0.1, 0.15) is 43.0 Å². The summed E-state index contributed by atoms with van der Waals surface area (Å²) in [6.07, 6.45) is 4.61. The van der Waals surface area contributed by atoms with Gasteiger partial charge in [0, 0.05) is 18.3 Å². The number of hydrogen-bond donors (Lipinski definition) is 2. The van der Waals surface area contributed by atoms with E-state index in [2.05, 4.69) is 11.8 Å².